The summed E-state index contributed by atoms with van der Waals surface area (Å²) in [5.41, 5.74) is 0.654. The van der Waals surface area contributed by atoms with E-state index in [0.29, 0.717) is 33.9 Å². The minimum absolute atomic E-state index is 0.142. The van der Waals surface area contributed by atoms with Crippen LogP contribution < -0.4 is 14.8 Å². The van der Waals surface area contributed by atoms with Crippen molar-refractivity contribution in [3.63, 3.8) is 0 Å². The molecule has 1 N–H and O–H groups in total. The molecule has 0 spiro atoms. The number of nitrogens with one attached hydrogen (secondary N) is 1. The van der Waals surface area contributed by atoms with Crippen molar-refractivity contribution in [1.82, 2.24) is 14.8 Å². The quantitative estimate of drug-likeness (QED) is 0.689. The number of furan rings is 1. The summed E-state index contributed by atoms with van der Waals surface area (Å²) in [6, 6.07) is 8.90. The minimum atomic E-state index is -0.368. The third-order valence-corrected chi connectivity index (χ3v) is 5.00. The van der Waals surface area contributed by atoms with E-state index in [1.165, 1.54) is 11.8 Å². The summed E-state index contributed by atoms with van der Waals surface area (Å²) in [6.45, 7) is 2.01. The number of anilines is 1. The molecule has 0 bridgehead atoms. The van der Waals surface area contributed by atoms with Gasteiger partial charge in [-0.05, 0) is 31.2 Å². The average Bonchev–Trinajstić information content (AvgIpc) is 3.36. The maximum Gasteiger partial charge on any atom is 0.237 e. The average molecular weight is 372 g/mol. The second-order valence-electron chi connectivity index (χ2n) is 5.66. The molecule has 1 aliphatic rings. The van der Waals surface area contributed by atoms with Crippen LogP contribution in [0.4, 0.5) is 5.69 Å². The second-order valence-corrected chi connectivity index (χ2v) is 6.97. The van der Waals surface area contributed by atoms with Gasteiger partial charge in [-0.25, -0.2) is 0 Å². The van der Waals surface area contributed by atoms with Gasteiger partial charge in [-0.2, -0.15) is 0 Å². The highest BCUT2D eigenvalue weighted by atomic mass is 32.2. The van der Waals surface area contributed by atoms with Crippen LogP contribution in [0, 0.1) is 0 Å². The molecule has 3 heterocycles. The van der Waals surface area contributed by atoms with Gasteiger partial charge in [0.2, 0.25) is 12.7 Å². The predicted octanol–water partition coefficient (Wildman–Crippen LogP) is 2.92. The molecule has 26 heavy (non-hydrogen) atoms. The normalized spacial score (nSPS) is 13.6. The first-order chi connectivity index (χ1) is 12.6. The molecule has 0 fully saturated rings. The molecule has 9 heteroatoms. The van der Waals surface area contributed by atoms with Gasteiger partial charge < -0.3 is 23.8 Å². The van der Waals surface area contributed by atoms with Gasteiger partial charge in [-0.1, -0.05) is 11.8 Å². The molecule has 1 aliphatic heterocycles. The Morgan fingerprint density at radius 3 is 2.92 bits per heavy atom. The van der Waals surface area contributed by atoms with Crippen molar-refractivity contribution in [2.45, 2.75) is 17.3 Å². The van der Waals surface area contributed by atoms with Crippen molar-refractivity contribution >= 4 is 23.4 Å². The summed E-state index contributed by atoms with van der Waals surface area (Å²) in [7, 11) is 1.84. The third kappa shape index (κ3) is 3.13. The highest BCUT2D eigenvalue weighted by Gasteiger charge is 2.21. The van der Waals surface area contributed by atoms with Crippen molar-refractivity contribution < 1.29 is 18.7 Å². The molecule has 1 aromatic carbocycles. The SMILES string of the molecule is CC(Sc1nnc(-c2ccco2)n1C)C(=O)Nc1ccc2c(c1)OCO2. The zero-order valence-corrected chi connectivity index (χ0v) is 14.9. The van der Waals surface area contributed by atoms with Crippen molar-refractivity contribution in [1.29, 1.82) is 0 Å². The fourth-order valence-corrected chi connectivity index (χ4v) is 3.28. The maximum absolute atomic E-state index is 12.5. The fraction of sp³-hybridized carbons (Fsp3) is 0.235. The number of ether oxygens (including phenoxy) is 2. The highest BCUT2D eigenvalue weighted by Crippen LogP contribution is 2.34. The summed E-state index contributed by atoms with van der Waals surface area (Å²) in [5, 5.41) is 11.4. The first-order valence-electron chi connectivity index (χ1n) is 7.92. The number of nitrogens with zero attached hydrogens (tertiary/aromatic N) is 3. The van der Waals surface area contributed by atoms with Crippen LogP contribution in [0.5, 0.6) is 11.5 Å². The molecule has 3 aromatic rings. The summed E-state index contributed by atoms with van der Waals surface area (Å²) in [6.07, 6.45) is 1.58. The van der Waals surface area contributed by atoms with E-state index in [4.69, 9.17) is 13.9 Å². The number of carbonyl (C=O) groups is 1. The van der Waals surface area contributed by atoms with Gasteiger partial charge in [0.05, 0.1) is 11.5 Å². The van der Waals surface area contributed by atoms with E-state index < -0.39 is 0 Å². The van der Waals surface area contributed by atoms with Gasteiger partial charge in [-0.3, -0.25) is 4.79 Å². The molecule has 2 aromatic heterocycles. The maximum atomic E-state index is 12.5. The number of hydrogen-bond donors (Lipinski definition) is 1. The molecule has 1 atom stereocenters. The predicted molar refractivity (Wildman–Crippen MR) is 95.2 cm³/mol. The molecule has 0 saturated carbocycles. The van der Waals surface area contributed by atoms with E-state index in [9.17, 15) is 4.79 Å². The lowest BCUT2D eigenvalue weighted by atomic mass is 10.2. The Morgan fingerprint density at radius 2 is 2.12 bits per heavy atom. The van der Waals surface area contributed by atoms with Crippen molar-refractivity contribution in [3.8, 4) is 23.1 Å². The smallest absolute Gasteiger partial charge is 0.237 e. The number of amides is 1. The van der Waals surface area contributed by atoms with Crippen LogP contribution in [0.1, 0.15) is 6.92 Å². The van der Waals surface area contributed by atoms with E-state index in [1.807, 2.05) is 20.0 Å². The van der Waals surface area contributed by atoms with Gasteiger partial charge in [0.25, 0.3) is 0 Å². The lowest BCUT2D eigenvalue weighted by Gasteiger charge is -2.12. The molecule has 8 nitrogen and oxygen atoms in total. The molecule has 0 aliphatic carbocycles. The molecular weight excluding hydrogens is 356 g/mol. The van der Waals surface area contributed by atoms with Gasteiger partial charge in [0.15, 0.2) is 28.2 Å². The molecule has 0 radical (unpaired) electrons. The first-order valence-corrected chi connectivity index (χ1v) is 8.80. The van der Waals surface area contributed by atoms with E-state index in [0.717, 1.165) is 0 Å². The Kier molecular flexibility index (Phi) is 4.29. The minimum Gasteiger partial charge on any atom is -0.461 e. The lowest BCUT2D eigenvalue weighted by molar-refractivity contribution is -0.115. The molecule has 134 valence electrons. The third-order valence-electron chi connectivity index (χ3n) is 3.87. The number of rotatable bonds is 5. The highest BCUT2D eigenvalue weighted by molar-refractivity contribution is 8.00. The van der Waals surface area contributed by atoms with E-state index in [2.05, 4.69) is 15.5 Å². The zero-order chi connectivity index (χ0) is 18.1. The second kappa shape index (κ2) is 6.75. The molecule has 0 saturated heterocycles. The Hall–Kier alpha value is -2.94. The number of fused-ring (bicyclic) bond motifs is 1. The van der Waals surface area contributed by atoms with Gasteiger partial charge in [0, 0.05) is 18.8 Å². The summed E-state index contributed by atoms with van der Waals surface area (Å²) in [5.74, 6) is 2.40. The van der Waals surface area contributed by atoms with Crippen LogP contribution >= 0.6 is 11.8 Å². The standard InChI is InChI=1S/C17H16N4O4S/c1-10(16(22)18-11-5-6-12-14(8-11)25-9-24-12)26-17-20-19-15(21(17)2)13-4-3-7-23-13/h3-8,10H,9H2,1-2H3,(H,18,22). The van der Waals surface area contributed by atoms with Crippen LogP contribution in [0.3, 0.4) is 0 Å². The number of aromatic nitrogens is 3. The van der Waals surface area contributed by atoms with E-state index in [-0.39, 0.29) is 18.0 Å². The molecule has 1 unspecified atom stereocenters. The number of carbonyl (C=O) groups excluding carboxylic acids is 1. The monoisotopic (exact) mass is 372 g/mol. The van der Waals surface area contributed by atoms with Crippen LogP contribution in [0.15, 0.2) is 46.2 Å². The summed E-state index contributed by atoms with van der Waals surface area (Å²) < 4.78 is 17.7. The van der Waals surface area contributed by atoms with Gasteiger partial charge in [-0.15, -0.1) is 10.2 Å². The van der Waals surface area contributed by atoms with E-state index in [1.54, 1.807) is 35.1 Å². The summed E-state index contributed by atoms with van der Waals surface area (Å²) >= 11 is 1.32. The first kappa shape index (κ1) is 16.5. The molecule has 4 rings (SSSR count). The van der Waals surface area contributed by atoms with Gasteiger partial charge >= 0.3 is 0 Å². The van der Waals surface area contributed by atoms with Crippen LogP contribution in [0.2, 0.25) is 0 Å². The van der Waals surface area contributed by atoms with Gasteiger partial charge in [0.1, 0.15) is 0 Å². The summed E-state index contributed by atoms with van der Waals surface area (Å²) in [4.78, 5) is 12.5. The van der Waals surface area contributed by atoms with Crippen molar-refractivity contribution in [2.24, 2.45) is 7.05 Å². The van der Waals surface area contributed by atoms with Crippen LogP contribution in [-0.4, -0.2) is 32.7 Å². The Morgan fingerprint density at radius 1 is 1.27 bits per heavy atom. The van der Waals surface area contributed by atoms with E-state index >= 15 is 0 Å². The lowest BCUT2D eigenvalue weighted by Crippen LogP contribution is -2.22. The topological polar surface area (TPSA) is 91.4 Å². The largest absolute Gasteiger partial charge is 0.461 e. The molecule has 1 amide bonds. The fourth-order valence-electron chi connectivity index (χ4n) is 2.47. The van der Waals surface area contributed by atoms with Crippen LogP contribution in [-0.2, 0) is 11.8 Å². The zero-order valence-electron chi connectivity index (χ0n) is 14.1. The number of thioether (sulfide) groups is 1. The Bertz CT molecular complexity index is 938. The number of hydrogen-bond acceptors (Lipinski definition) is 7. The molecular formula is C17H16N4O4S. The number of benzene rings is 1. The Balaban J connectivity index is 1.43. The van der Waals surface area contributed by atoms with Crippen molar-refractivity contribution in [3.05, 3.63) is 36.6 Å². The van der Waals surface area contributed by atoms with Crippen LogP contribution in [0.25, 0.3) is 11.6 Å². The van der Waals surface area contributed by atoms with Crippen molar-refractivity contribution in [2.75, 3.05) is 12.1 Å². The Labute approximate surface area is 153 Å².